The second-order valence-electron chi connectivity index (χ2n) is 5.19. The molecule has 3 N–H and O–H groups in total. The quantitative estimate of drug-likeness (QED) is 0.410. The summed E-state index contributed by atoms with van der Waals surface area (Å²) in [6.45, 7) is 5.20. The summed E-state index contributed by atoms with van der Waals surface area (Å²) in [7, 11) is 0. The molecular weight excluding hydrogens is 214 g/mol. The zero-order valence-corrected chi connectivity index (χ0v) is 11.7. The number of hydrogen-bond donors (Lipinski definition) is 2. The van der Waals surface area contributed by atoms with Gasteiger partial charge in [0.05, 0.1) is 6.61 Å². The molecule has 0 aromatic heterocycles. The summed E-state index contributed by atoms with van der Waals surface area (Å²) in [5.41, 5.74) is 4.35. The molecule has 1 unspecified atom stereocenters. The molecule has 0 amide bonds. The lowest BCUT2D eigenvalue weighted by Gasteiger charge is -2.16. The Morgan fingerprint density at radius 3 is 2.00 bits per heavy atom. The Morgan fingerprint density at radius 1 is 0.941 bits per heavy atom. The van der Waals surface area contributed by atoms with E-state index in [9.17, 15) is 5.11 Å². The third kappa shape index (κ3) is 15.9. The lowest BCUT2D eigenvalue weighted by Crippen LogP contribution is -2.36. The predicted octanol–water partition coefficient (Wildman–Crippen LogP) is 3.20. The average Bonchev–Trinajstić information content (AvgIpc) is 2.24. The van der Waals surface area contributed by atoms with E-state index in [0.29, 0.717) is 13.0 Å². The van der Waals surface area contributed by atoms with Crippen molar-refractivity contribution in [1.29, 1.82) is 0 Å². The van der Waals surface area contributed by atoms with Gasteiger partial charge in [-0.3, -0.25) is 0 Å². The van der Waals surface area contributed by atoms with E-state index in [1.54, 1.807) is 6.92 Å². The van der Waals surface area contributed by atoms with Gasteiger partial charge >= 0.3 is 0 Å². The minimum Gasteiger partial charge on any atom is -0.381 e. The van der Waals surface area contributed by atoms with Gasteiger partial charge in [-0.25, -0.2) is 0 Å². The molecule has 0 aliphatic rings. The molecule has 0 saturated heterocycles. The maximum Gasteiger partial charge on any atom is 0.112 e. The Balaban J connectivity index is 2.99. The Hall–Kier alpha value is -0.120. The fourth-order valence-electron chi connectivity index (χ4n) is 1.72. The molecule has 0 aliphatic carbocycles. The van der Waals surface area contributed by atoms with Crippen LogP contribution in [0.4, 0.5) is 0 Å². The SMILES string of the molecule is CCCCCCCCCCOCCC(C)(N)O. The first-order valence-electron chi connectivity index (χ1n) is 7.15. The highest BCUT2D eigenvalue weighted by atomic mass is 16.5. The lowest BCUT2D eigenvalue weighted by molar-refractivity contribution is 0.0184. The van der Waals surface area contributed by atoms with E-state index < -0.39 is 5.72 Å². The Labute approximate surface area is 107 Å². The maximum absolute atomic E-state index is 9.26. The number of aliphatic hydroxyl groups is 1. The first-order valence-corrected chi connectivity index (χ1v) is 7.15. The molecule has 0 aromatic carbocycles. The van der Waals surface area contributed by atoms with Crippen molar-refractivity contribution >= 4 is 0 Å². The second kappa shape index (κ2) is 11.0. The normalized spacial score (nSPS) is 14.8. The first kappa shape index (κ1) is 16.9. The molecule has 0 rings (SSSR count). The Bertz CT molecular complexity index is 155. The van der Waals surface area contributed by atoms with Gasteiger partial charge in [0.2, 0.25) is 0 Å². The van der Waals surface area contributed by atoms with Crippen LogP contribution in [0.15, 0.2) is 0 Å². The average molecular weight is 245 g/mol. The van der Waals surface area contributed by atoms with Crippen LogP contribution in [0, 0.1) is 0 Å². The summed E-state index contributed by atoms with van der Waals surface area (Å²) in [5, 5.41) is 9.26. The summed E-state index contributed by atoms with van der Waals surface area (Å²) in [4.78, 5) is 0. The second-order valence-corrected chi connectivity index (χ2v) is 5.19. The van der Waals surface area contributed by atoms with Gasteiger partial charge in [0.25, 0.3) is 0 Å². The van der Waals surface area contributed by atoms with Crippen molar-refractivity contribution < 1.29 is 9.84 Å². The van der Waals surface area contributed by atoms with E-state index in [2.05, 4.69) is 6.92 Å². The number of nitrogens with two attached hydrogens (primary N) is 1. The smallest absolute Gasteiger partial charge is 0.112 e. The van der Waals surface area contributed by atoms with Gasteiger partial charge in [0, 0.05) is 13.0 Å². The van der Waals surface area contributed by atoms with Gasteiger partial charge < -0.3 is 15.6 Å². The number of hydrogen-bond acceptors (Lipinski definition) is 3. The van der Waals surface area contributed by atoms with E-state index in [1.165, 1.54) is 44.9 Å². The van der Waals surface area contributed by atoms with E-state index in [4.69, 9.17) is 10.5 Å². The Kier molecular flexibility index (Phi) is 10.9. The largest absolute Gasteiger partial charge is 0.381 e. The third-order valence-corrected chi connectivity index (χ3v) is 2.89. The molecule has 0 aromatic rings. The van der Waals surface area contributed by atoms with Crippen LogP contribution in [-0.2, 0) is 4.74 Å². The molecule has 104 valence electrons. The van der Waals surface area contributed by atoms with E-state index >= 15 is 0 Å². The van der Waals surface area contributed by atoms with Crippen LogP contribution in [0.2, 0.25) is 0 Å². The molecule has 1 atom stereocenters. The van der Waals surface area contributed by atoms with Gasteiger partial charge in [-0.05, 0) is 13.3 Å². The monoisotopic (exact) mass is 245 g/mol. The molecule has 17 heavy (non-hydrogen) atoms. The highest BCUT2D eigenvalue weighted by molar-refractivity contribution is 4.61. The van der Waals surface area contributed by atoms with Crippen molar-refractivity contribution in [2.75, 3.05) is 13.2 Å². The molecule has 3 heteroatoms. The minimum atomic E-state index is -1.08. The minimum absolute atomic E-state index is 0.504. The van der Waals surface area contributed by atoms with E-state index in [-0.39, 0.29) is 0 Å². The number of rotatable bonds is 12. The zero-order valence-electron chi connectivity index (χ0n) is 11.7. The molecule has 3 nitrogen and oxygen atoms in total. The summed E-state index contributed by atoms with van der Waals surface area (Å²) in [6.07, 6.45) is 11.0. The van der Waals surface area contributed by atoms with Crippen LogP contribution >= 0.6 is 0 Å². The number of ether oxygens (including phenoxy) is 1. The van der Waals surface area contributed by atoms with Gasteiger partial charge in [-0.1, -0.05) is 51.9 Å². The molecule has 0 saturated carbocycles. The summed E-state index contributed by atoms with van der Waals surface area (Å²) >= 11 is 0. The molecule has 0 aliphatic heterocycles. The van der Waals surface area contributed by atoms with E-state index in [1.807, 2.05) is 0 Å². The molecular formula is C14H31NO2. The molecule has 0 bridgehead atoms. The summed E-state index contributed by atoms with van der Waals surface area (Å²) in [5.74, 6) is 0. The Morgan fingerprint density at radius 2 is 1.47 bits per heavy atom. The lowest BCUT2D eigenvalue weighted by atomic mass is 10.1. The van der Waals surface area contributed by atoms with Crippen LogP contribution < -0.4 is 5.73 Å². The van der Waals surface area contributed by atoms with Crippen LogP contribution in [0.3, 0.4) is 0 Å². The van der Waals surface area contributed by atoms with Crippen LogP contribution in [0.25, 0.3) is 0 Å². The van der Waals surface area contributed by atoms with Gasteiger partial charge in [0.1, 0.15) is 5.72 Å². The van der Waals surface area contributed by atoms with Crippen LogP contribution in [0.5, 0.6) is 0 Å². The van der Waals surface area contributed by atoms with Gasteiger partial charge in [-0.2, -0.15) is 0 Å². The summed E-state index contributed by atoms with van der Waals surface area (Å²) in [6, 6.07) is 0. The number of unbranched alkanes of at least 4 members (excludes halogenated alkanes) is 7. The van der Waals surface area contributed by atoms with Crippen molar-refractivity contribution in [3.63, 3.8) is 0 Å². The van der Waals surface area contributed by atoms with Crippen molar-refractivity contribution in [1.82, 2.24) is 0 Å². The molecule has 0 radical (unpaired) electrons. The van der Waals surface area contributed by atoms with Crippen LogP contribution in [-0.4, -0.2) is 24.0 Å². The van der Waals surface area contributed by atoms with Crippen molar-refractivity contribution in [3.05, 3.63) is 0 Å². The molecule has 0 fully saturated rings. The van der Waals surface area contributed by atoms with Crippen molar-refractivity contribution in [2.24, 2.45) is 5.73 Å². The predicted molar refractivity (Wildman–Crippen MR) is 72.9 cm³/mol. The fraction of sp³-hybridized carbons (Fsp3) is 1.00. The molecule has 0 heterocycles. The highest BCUT2D eigenvalue weighted by Crippen LogP contribution is 2.08. The van der Waals surface area contributed by atoms with E-state index in [0.717, 1.165) is 13.0 Å². The zero-order chi connectivity index (χ0) is 13.0. The highest BCUT2D eigenvalue weighted by Gasteiger charge is 2.11. The van der Waals surface area contributed by atoms with Crippen LogP contribution in [0.1, 0.15) is 71.6 Å². The molecule has 0 spiro atoms. The topological polar surface area (TPSA) is 55.5 Å². The standard InChI is InChI=1S/C14H31NO2/c1-3-4-5-6-7-8-9-10-12-17-13-11-14(2,15)16/h16H,3-13,15H2,1-2H3. The third-order valence-electron chi connectivity index (χ3n) is 2.89. The van der Waals surface area contributed by atoms with Gasteiger partial charge in [0.15, 0.2) is 0 Å². The van der Waals surface area contributed by atoms with Gasteiger partial charge in [-0.15, -0.1) is 0 Å². The fourth-order valence-corrected chi connectivity index (χ4v) is 1.72. The maximum atomic E-state index is 9.26. The van der Waals surface area contributed by atoms with Crippen molar-refractivity contribution in [2.45, 2.75) is 77.4 Å². The van der Waals surface area contributed by atoms with Crippen molar-refractivity contribution in [3.8, 4) is 0 Å². The first-order chi connectivity index (χ1) is 8.06. The summed E-state index contributed by atoms with van der Waals surface area (Å²) < 4.78 is 5.41.